The number of carbonyl (C=O) groups excluding carboxylic acids is 1. The van der Waals surface area contributed by atoms with Crippen molar-refractivity contribution in [1.29, 1.82) is 0 Å². The first-order valence-corrected chi connectivity index (χ1v) is 8.76. The summed E-state index contributed by atoms with van der Waals surface area (Å²) in [6.45, 7) is 1.82. The van der Waals surface area contributed by atoms with E-state index in [0.717, 1.165) is 15.6 Å². The Labute approximate surface area is 163 Å². The topological polar surface area (TPSA) is 91.9 Å². The van der Waals surface area contributed by atoms with Crippen molar-refractivity contribution in [2.24, 2.45) is 5.10 Å². The molecule has 0 aliphatic carbocycles. The molecule has 2 N–H and O–H groups in total. The Morgan fingerprint density at radius 1 is 1.11 bits per heavy atom. The van der Waals surface area contributed by atoms with Crippen LogP contribution in [0.25, 0.3) is 11.3 Å². The molecule has 1 heterocycles. The van der Waals surface area contributed by atoms with Crippen molar-refractivity contribution in [3.63, 3.8) is 0 Å². The molecule has 1 amide bonds. The number of amides is 1. The van der Waals surface area contributed by atoms with E-state index in [2.05, 4.69) is 26.5 Å². The molecule has 0 bridgehead atoms. The first-order chi connectivity index (χ1) is 12.9. The van der Waals surface area contributed by atoms with Gasteiger partial charge in [0.2, 0.25) is 0 Å². The van der Waals surface area contributed by atoms with Crippen LogP contribution in [0, 0.1) is 6.92 Å². The third-order valence-electron chi connectivity index (χ3n) is 3.81. The number of hydrazone groups is 1. The number of aryl methyl sites for hydroxylation is 1. The van der Waals surface area contributed by atoms with Crippen molar-refractivity contribution in [3.8, 4) is 11.3 Å². The second-order valence-corrected chi connectivity index (χ2v) is 6.66. The molecule has 3 rings (SSSR count). The molecule has 136 valence electrons. The molecular formula is C20H15BrN2O4. The molecule has 0 aliphatic rings. The second kappa shape index (κ2) is 8.01. The monoisotopic (exact) mass is 426 g/mol. The van der Waals surface area contributed by atoms with E-state index in [1.165, 1.54) is 12.3 Å². The number of nitrogens with one attached hydrogen (secondary N) is 1. The average molecular weight is 427 g/mol. The summed E-state index contributed by atoms with van der Waals surface area (Å²) in [6, 6.07) is 15.3. The minimum absolute atomic E-state index is 0.222. The van der Waals surface area contributed by atoms with Crippen LogP contribution in [-0.2, 0) is 0 Å². The van der Waals surface area contributed by atoms with Crippen LogP contribution in [0.1, 0.15) is 32.0 Å². The highest BCUT2D eigenvalue weighted by Crippen LogP contribution is 2.26. The molecule has 0 aliphatic heterocycles. The molecule has 7 heteroatoms. The van der Waals surface area contributed by atoms with Gasteiger partial charge in [-0.25, -0.2) is 10.2 Å². The quantitative estimate of drug-likeness (QED) is 0.464. The van der Waals surface area contributed by atoms with E-state index in [1.807, 2.05) is 13.0 Å². The number of carbonyl (C=O) groups is 2. The number of hydrogen-bond donors (Lipinski definition) is 2. The summed E-state index contributed by atoms with van der Waals surface area (Å²) in [6.07, 6.45) is 1.40. The van der Waals surface area contributed by atoms with Crippen LogP contribution in [0.2, 0.25) is 0 Å². The van der Waals surface area contributed by atoms with E-state index in [9.17, 15) is 9.59 Å². The van der Waals surface area contributed by atoms with Gasteiger partial charge in [-0.3, -0.25) is 4.79 Å². The van der Waals surface area contributed by atoms with Crippen LogP contribution < -0.4 is 5.43 Å². The Hall–Kier alpha value is -3.19. The molecule has 0 spiro atoms. The molecule has 0 fully saturated rings. The smallest absolute Gasteiger partial charge is 0.335 e. The second-order valence-electron chi connectivity index (χ2n) is 5.75. The van der Waals surface area contributed by atoms with Crippen LogP contribution in [0.15, 0.2) is 68.6 Å². The molecule has 2 aromatic carbocycles. The van der Waals surface area contributed by atoms with Gasteiger partial charge in [-0.05, 0) is 55.0 Å². The highest BCUT2D eigenvalue weighted by Gasteiger charge is 2.10. The molecule has 0 saturated heterocycles. The number of nitrogens with zero attached hydrogens (tertiary/aromatic N) is 1. The van der Waals surface area contributed by atoms with Gasteiger partial charge in [0.25, 0.3) is 5.91 Å². The molecule has 3 aromatic rings. The number of carboxylic acids is 1. The van der Waals surface area contributed by atoms with E-state index in [-0.39, 0.29) is 11.5 Å². The fourth-order valence-electron chi connectivity index (χ4n) is 2.49. The van der Waals surface area contributed by atoms with Crippen LogP contribution in [0.3, 0.4) is 0 Å². The lowest BCUT2D eigenvalue weighted by molar-refractivity contribution is 0.0696. The molecule has 0 atom stereocenters. The summed E-state index contributed by atoms with van der Waals surface area (Å²) < 4.78 is 6.51. The van der Waals surface area contributed by atoms with Crippen LogP contribution in [-0.4, -0.2) is 23.2 Å². The maximum atomic E-state index is 12.0. The number of furan rings is 1. The van der Waals surface area contributed by atoms with E-state index in [0.29, 0.717) is 17.1 Å². The van der Waals surface area contributed by atoms with Crippen molar-refractivity contribution < 1.29 is 19.1 Å². The SMILES string of the molecule is Cc1cc(C(=O)O)ccc1-c1ccc(/C=N\NC(=O)c2cccc(Br)c2)o1. The van der Waals surface area contributed by atoms with Gasteiger partial charge < -0.3 is 9.52 Å². The number of hydrogen-bond acceptors (Lipinski definition) is 4. The third-order valence-corrected chi connectivity index (χ3v) is 4.30. The first kappa shape index (κ1) is 18.6. The number of benzene rings is 2. The predicted molar refractivity (Wildman–Crippen MR) is 105 cm³/mol. The summed E-state index contributed by atoms with van der Waals surface area (Å²) in [5.41, 5.74) is 4.72. The molecule has 0 unspecified atom stereocenters. The summed E-state index contributed by atoms with van der Waals surface area (Å²) >= 11 is 3.31. The predicted octanol–water partition coefficient (Wildman–Crippen LogP) is 4.48. The summed E-state index contributed by atoms with van der Waals surface area (Å²) in [5, 5.41) is 12.9. The highest BCUT2D eigenvalue weighted by atomic mass is 79.9. The molecule has 0 saturated carbocycles. The summed E-state index contributed by atoms with van der Waals surface area (Å²) in [4.78, 5) is 23.0. The lowest BCUT2D eigenvalue weighted by Crippen LogP contribution is -2.17. The zero-order chi connectivity index (χ0) is 19.4. The summed E-state index contributed by atoms with van der Waals surface area (Å²) in [5.74, 6) is -0.261. The van der Waals surface area contributed by atoms with Crippen molar-refractivity contribution in [2.45, 2.75) is 6.92 Å². The van der Waals surface area contributed by atoms with E-state index in [1.54, 1.807) is 42.5 Å². The number of rotatable bonds is 5. The maximum Gasteiger partial charge on any atom is 0.335 e. The first-order valence-electron chi connectivity index (χ1n) is 7.97. The van der Waals surface area contributed by atoms with Crippen molar-refractivity contribution in [1.82, 2.24) is 5.43 Å². The van der Waals surface area contributed by atoms with Gasteiger partial charge in [0.15, 0.2) is 0 Å². The van der Waals surface area contributed by atoms with E-state index < -0.39 is 5.97 Å². The lowest BCUT2D eigenvalue weighted by Gasteiger charge is -2.03. The Morgan fingerprint density at radius 3 is 2.63 bits per heavy atom. The van der Waals surface area contributed by atoms with E-state index >= 15 is 0 Å². The fraction of sp³-hybridized carbons (Fsp3) is 0.0500. The van der Waals surface area contributed by atoms with Gasteiger partial charge >= 0.3 is 5.97 Å². The number of aromatic carboxylic acids is 1. The van der Waals surface area contributed by atoms with Gasteiger partial charge in [-0.2, -0.15) is 5.10 Å². The lowest BCUT2D eigenvalue weighted by atomic mass is 10.0. The van der Waals surface area contributed by atoms with Crippen LogP contribution in [0.5, 0.6) is 0 Å². The minimum Gasteiger partial charge on any atom is -0.478 e. The number of carboxylic acid groups (broad SMARTS) is 1. The zero-order valence-corrected chi connectivity index (χ0v) is 15.9. The Morgan fingerprint density at radius 2 is 1.93 bits per heavy atom. The molecule has 6 nitrogen and oxygen atoms in total. The standard InChI is InChI=1S/C20H15BrN2O4/c1-12-9-14(20(25)26)5-7-17(12)18-8-6-16(27-18)11-22-23-19(24)13-3-2-4-15(21)10-13/h2-11H,1H3,(H,23,24)(H,25,26)/b22-11-. The normalized spacial score (nSPS) is 10.9. The average Bonchev–Trinajstić information content (AvgIpc) is 3.10. The fourth-order valence-corrected chi connectivity index (χ4v) is 2.89. The van der Waals surface area contributed by atoms with Crippen LogP contribution in [0.4, 0.5) is 0 Å². The zero-order valence-electron chi connectivity index (χ0n) is 14.3. The van der Waals surface area contributed by atoms with Gasteiger partial charge in [0, 0.05) is 15.6 Å². The maximum absolute atomic E-state index is 12.0. The largest absolute Gasteiger partial charge is 0.478 e. The highest BCUT2D eigenvalue weighted by molar-refractivity contribution is 9.10. The van der Waals surface area contributed by atoms with Gasteiger partial charge in [-0.1, -0.05) is 28.1 Å². The molecule has 1 aromatic heterocycles. The molecule has 27 heavy (non-hydrogen) atoms. The number of halogens is 1. The Kier molecular flexibility index (Phi) is 5.52. The van der Waals surface area contributed by atoms with Crippen LogP contribution >= 0.6 is 15.9 Å². The summed E-state index contributed by atoms with van der Waals surface area (Å²) in [7, 11) is 0. The third kappa shape index (κ3) is 4.51. The Balaban J connectivity index is 1.70. The minimum atomic E-state index is -0.974. The van der Waals surface area contributed by atoms with Gasteiger partial charge in [0.1, 0.15) is 11.5 Å². The van der Waals surface area contributed by atoms with Gasteiger partial charge in [0.05, 0.1) is 11.8 Å². The van der Waals surface area contributed by atoms with Gasteiger partial charge in [-0.15, -0.1) is 0 Å². The Bertz CT molecular complexity index is 1040. The van der Waals surface area contributed by atoms with Crippen molar-refractivity contribution >= 4 is 34.0 Å². The molecular weight excluding hydrogens is 412 g/mol. The molecule has 0 radical (unpaired) electrons. The van der Waals surface area contributed by atoms with Crippen molar-refractivity contribution in [2.75, 3.05) is 0 Å². The van der Waals surface area contributed by atoms with Crippen molar-refractivity contribution in [3.05, 3.63) is 81.5 Å². The van der Waals surface area contributed by atoms with E-state index in [4.69, 9.17) is 9.52 Å².